The maximum Gasteiger partial charge on any atom is 0.243 e. The van der Waals surface area contributed by atoms with E-state index in [1.165, 1.54) is 0 Å². The Labute approximate surface area is 128 Å². The van der Waals surface area contributed by atoms with Gasteiger partial charge >= 0.3 is 0 Å². The Kier molecular flexibility index (Phi) is 5.41. The van der Waals surface area contributed by atoms with Gasteiger partial charge in [0.05, 0.1) is 4.90 Å². The predicted molar refractivity (Wildman–Crippen MR) is 85.6 cm³/mol. The molecule has 2 unspecified atom stereocenters. The fourth-order valence-electron chi connectivity index (χ4n) is 2.96. The van der Waals surface area contributed by atoms with Gasteiger partial charge in [0.1, 0.15) is 0 Å². The maximum atomic E-state index is 12.8. The molecular weight excluding hydrogens is 284 g/mol. The molecule has 1 aromatic rings. The van der Waals surface area contributed by atoms with Crippen molar-refractivity contribution in [3.05, 3.63) is 29.8 Å². The van der Waals surface area contributed by atoms with E-state index in [0.29, 0.717) is 23.9 Å². The fourth-order valence-corrected chi connectivity index (χ4v) is 4.79. The molecule has 5 heteroatoms. The summed E-state index contributed by atoms with van der Waals surface area (Å²) in [6.45, 7) is 8.50. The molecule has 118 valence electrons. The summed E-state index contributed by atoms with van der Waals surface area (Å²) in [4.78, 5) is 0.416. The summed E-state index contributed by atoms with van der Waals surface area (Å²) in [6, 6.07) is 7.40. The number of sulfonamides is 1. The number of rotatable bonds is 6. The maximum absolute atomic E-state index is 12.8. The highest BCUT2D eigenvalue weighted by molar-refractivity contribution is 7.89. The van der Waals surface area contributed by atoms with Crippen LogP contribution in [-0.4, -0.2) is 31.9 Å². The highest BCUT2D eigenvalue weighted by Gasteiger charge is 2.35. The van der Waals surface area contributed by atoms with Crippen molar-refractivity contribution >= 4 is 10.0 Å². The lowest BCUT2D eigenvalue weighted by molar-refractivity contribution is 0.405. The van der Waals surface area contributed by atoms with Gasteiger partial charge in [-0.3, -0.25) is 0 Å². The first-order valence-corrected chi connectivity index (χ1v) is 9.20. The molecule has 1 saturated heterocycles. The molecule has 1 aliphatic rings. The van der Waals surface area contributed by atoms with Gasteiger partial charge in [0, 0.05) is 19.1 Å². The van der Waals surface area contributed by atoms with Crippen molar-refractivity contribution in [2.45, 2.75) is 51.1 Å². The Morgan fingerprint density at radius 2 is 2.10 bits per heavy atom. The summed E-state index contributed by atoms with van der Waals surface area (Å²) in [7, 11) is -3.37. The second-order valence-electron chi connectivity index (χ2n) is 6.09. The Morgan fingerprint density at radius 3 is 2.71 bits per heavy atom. The Morgan fingerprint density at radius 1 is 1.33 bits per heavy atom. The van der Waals surface area contributed by atoms with Crippen molar-refractivity contribution < 1.29 is 8.42 Å². The van der Waals surface area contributed by atoms with E-state index in [1.54, 1.807) is 16.4 Å². The first-order chi connectivity index (χ1) is 9.95. The molecule has 0 aliphatic carbocycles. The topological polar surface area (TPSA) is 49.4 Å². The van der Waals surface area contributed by atoms with Gasteiger partial charge in [-0.15, -0.1) is 0 Å². The molecule has 0 bridgehead atoms. The molecule has 4 nitrogen and oxygen atoms in total. The van der Waals surface area contributed by atoms with Crippen molar-refractivity contribution in [1.82, 2.24) is 9.62 Å². The fraction of sp³-hybridized carbons (Fsp3) is 0.625. The highest BCUT2D eigenvalue weighted by Crippen LogP contribution is 2.29. The Balaban J connectivity index is 2.18. The minimum atomic E-state index is -3.37. The van der Waals surface area contributed by atoms with Crippen LogP contribution in [0.25, 0.3) is 0 Å². The number of nitrogens with zero attached hydrogens (tertiary/aromatic N) is 1. The first kappa shape index (κ1) is 16.5. The standard InChI is InChI=1S/C16H26N2O2S/c1-4-8-17-11-15-6-5-7-16(10-15)21(19,20)18-12-13(2)9-14(18)3/h5-7,10,13-14,17H,4,8-9,11-12H2,1-3H3. The normalized spacial score (nSPS) is 23.6. The van der Waals surface area contributed by atoms with Crippen LogP contribution in [0.5, 0.6) is 0 Å². The van der Waals surface area contributed by atoms with E-state index in [-0.39, 0.29) is 6.04 Å². The van der Waals surface area contributed by atoms with Crippen LogP contribution in [0.3, 0.4) is 0 Å². The number of hydrogen-bond acceptors (Lipinski definition) is 3. The van der Waals surface area contributed by atoms with E-state index in [4.69, 9.17) is 0 Å². The van der Waals surface area contributed by atoms with Crippen LogP contribution >= 0.6 is 0 Å². The molecule has 0 saturated carbocycles. The van der Waals surface area contributed by atoms with E-state index in [1.807, 2.05) is 19.1 Å². The molecule has 21 heavy (non-hydrogen) atoms. The minimum Gasteiger partial charge on any atom is -0.313 e. The van der Waals surface area contributed by atoms with E-state index >= 15 is 0 Å². The molecule has 1 aliphatic heterocycles. The zero-order chi connectivity index (χ0) is 15.5. The van der Waals surface area contributed by atoms with Crippen LogP contribution in [0.4, 0.5) is 0 Å². The molecule has 0 spiro atoms. The number of nitrogens with one attached hydrogen (secondary N) is 1. The van der Waals surface area contributed by atoms with Crippen LogP contribution in [0, 0.1) is 5.92 Å². The highest BCUT2D eigenvalue weighted by atomic mass is 32.2. The molecule has 0 aromatic heterocycles. The quantitative estimate of drug-likeness (QED) is 0.822. The van der Waals surface area contributed by atoms with E-state index < -0.39 is 10.0 Å². The lowest BCUT2D eigenvalue weighted by atomic mass is 10.1. The monoisotopic (exact) mass is 310 g/mol. The molecule has 1 N–H and O–H groups in total. The van der Waals surface area contributed by atoms with Gasteiger partial charge in [-0.25, -0.2) is 8.42 Å². The summed E-state index contributed by atoms with van der Waals surface area (Å²) in [5.74, 6) is 0.434. The first-order valence-electron chi connectivity index (χ1n) is 7.76. The third-order valence-electron chi connectivity index (χ3n) is 3.99. The molecule has 2 atom stereocenters. The average Bonchev–Trinajstić information content (AvgIpc) is 2.79. The van der Waals surface area contributed by atoms with Gasteiger partial charge < -0.3 is 5.32 Å². The molecule has 1 fully saturated rings. The van der Waals surface area contributed by atoms with Crippen molar-refractivity contribution in [3.63, 3.8) is 0 Å². The average molecular weight is 310 g/mol. The Hall–Kier alpha value is -0.910. The zero-order valence-electron chi connectivity index (χ0n) is 13.2. The minimum absolute atomic E-state index is 0.0897. The van der Waals surface area contributed by atoms with Crippen LogP contribution in [-0.2, 0) is 16.6 Å². The van der Waals surface area contributed by atoms with Gasteiger partial charge in [0.25, 0.3) is 0 Å². The third kappa shape index (κ3) is 3.84. The summed E-state index contributed by atoms with van der Waals surface area (Å²) in [6.07, 6.45) is 2.01. The van der Waals surface area contributed by atoms with Gasteiger partial charge in [-0.2, -0.15) is 4.31 Å². The van der Waals surface area contributed by atoms with Gasteiger partial charge in [-0.05, 0) is 49.9 Å². The second kappa shape index (κ2) is 6.90. The van der Waals surface area contributed by atoms with Crippen molar-refractivity contribution in [2.24, 2.45) is 5.92 Å². The predicted octanol–water partition coefficient (Wildman–Crippen LogP) is 2.61. The van der Waals surface area contributed by atoms with E-state index in [0.717, 1.165) is 24.9 Å². The van der Waals surface area contributed by atoms with Crippen molar-refractivity contribution in [3.8, 4) is 0 Å². The largest absolute Gasteiger partial charge is 0.313 e. The van der Waals surface area contributed by atoms with Crippen LogP contribution < -0.4 is 5.32 Å². The smallest absolute Gasteiger partial charge is 0.243 e. The van der Waals surface area contributed by atoms with E-state index in [9.17, 15) is 8.42 Å². The van der Waals surface area contributed by atoms with Gasteiger partial charge in [-0.1, -0.05) is 26.0 Å². The third-order valence-corrected chi connectivity index (χ3v) is 5.96. The SMILES string of the molecule is CCCNCc1cccc(S(=O)(=O)N2CC(C)CC2C)c1. The van der Waals surface area contributed by atoms with E-state index in [2.05, 4.69) is 19.2 Å². The van der Waals surface area contributed by atoms with Crippen molar-refractivity contribution in [1.29, 1.82) is 0 Å². The molecule has 0 amide bonds. The summed E-state index contributed by atoms with van der Waals surface area (Å²) >= 11 is 0. The van der Waals surface area contributed by atoms with Gasteiger partial charge in [0.15, 0.2) is 0 Å². The van der Waals surface area contributed by atoms with Crippen LogP contribution in [0.1, 0.15) is 39.2 Å². The van der Waals surface area contributed by atoms with Gasteiger partial charge in [0.2, 0.25) is 10.0 Å². The zero-order valence-corrected chi connectivity index (χ0v) is 14.0. The molecule has 2 rings (SSSR count). The number of benzene rings is 1. The summed E-state index contributed by atoms with van der Waals surface area (Å²) < 4.78 is 27.2. The molecular formula is C16H26N2O2S. The Bertz CT molecular complexity index is 571. The van der Waals surface area contributed by atoms with Crippen LogP contribution in [0.2, 0.25) is 0 Å². The summed E-state index contributed by atoms with van der Waals surface area (Å²) in [5, 5.41) is 3.31. The summed E-state index contributed by atoms with van der Waals surface area (Å²) in [5.41, 5.74) is 1.02. The van der Waals surface area contributed by atoms with Crippen molar-refractivity contribution in [2.75, 3.05) is 13.1 Å². The lowest BCUT2D eigenvalue weighted by Gasteiger charge is -2.21. The molecule has 1 heterocycles. The molecule has 1 aromatic carbocycles. The van der Waals surface area contributed by atoms with Crippen LogP contribution in [0.15, 0.2) is 29.2 Å². The second-order valence-corrected chi connectivity index (χ2v) is 7.98. The molecule has 0 radical (unpaired) electrons. The number of hydrogen-bond donors (Lipinski definition) is 1. The lowest BCUT2D eigenvalue weighted by Crippen LogP contribution is -2.34.